The van der Waals surface area contributed by atoms with Crippen LogP contribution in [0.4, 0.5) is 0 Å². The van der Waals surface area contributed by atoms with Crippen LogP contribution in [0.3, 0.4) is 0 Å². The zero-order valence-electron chi connectivity index (χ0n) is 16.5. The smallest absolute Gasteiger partial charge is 0.115 e. The number of hydrogen-bond donors (Lipinski definition) is 1. The third-order valence-corrected chi connectivity index (χ3v) is 6.23. The maximum atomic E-state index is 9.72. The quantitative estimate of drug-likeness (QED) is 0.513. The highest BCUT2D eigenvalue weighted by atomic mass is 16.3. The van der Waals surface area contributed by atoms with E-state index in [1.165, 1.54) is 73.6 Å². The van der Waals surface area contributed by atoms with Crippen LogP contribution < -0.4 is 0 Å². The lowest BCUT2D eigenvalue weighted by molar-refractivity contribution is 0.303. The standard InChI is InChI=1S/C25H34O/c1-3-5-6-7-19-8-10-21(11-9-19)22-12-14-23(15-13-22)25-17-16-24(26)18-20(25)4-2/h12-19,21,26H,3-11H2,1-2H3. The summed E-state index contributed by atoms with van der Waals surface area (Å²) in [7, 11) is 0. The van der Waals surface area contributed by atoms with E-state index >= 15 is 0 Å². The number of benzene rings is 2. The van der Waals surface area contributed by atoms with Gasteiger partial charge in [-0.05, 0) is 78.3 Å². The van der Waals surface area contributed by atoms with Crippen LogP contribution >= 0.6 is 0 Å². The average molecular weight is 351 g/mol. The summed E-state index contributed by atoms with van der Waals surface area (Å²) in [6, 6.07) is 15.0. The molecule has 1 fully saturated rings. The van der Waals surface area contributed by atoms with E-state index in [1.807, 2.05) is 12.1 Å². The summed E-state index contributed by atoms with van der Waals surface area (Å²) in [5.41, 5.74) is 5.23. The lowest BCUT2D eigenvalue weighted by atomic mass is 9.77. The molecule has 0 saturated heterocycles. The number of aryl methyl sites for hydroxylation is 1. The number of hydrogen-bond acceptors (Lipinski definition) is 1. The monoisotopic (exact) mass is 350 g/mol. The number of phenolic OH excluding ortho intramolecular Hbond substituents is 1. The molecule has 140 valence electrons. The highest BCUT2D eigenvalue weighted by Gasteiger charge is 2.22. The maximum absolute atomic E-state index is 9.72. The first kappa shape index (κ1) is 19.0. The van der Waals surface area contributed by atoms with Gasteiger partial charge in [0.15, 0.2) is 0 Å². The largest absolute Gasteiger partial charge is 0.508 e. The van der Waals surface area contributed by atoms with Crippen molar-refractivity contribution < 1.29 is 5.11 Å². The topological polar surface area (TPSA) is 20.2 Å². The first-order chi connectivity index (χ1) is 12.7. The minimum absolute atomic E-state index is 0.359. The molecule has 2 aromatic carbocycles. The second-order valence-corrected chi connectivity index (χ2v) is 8.03. The van der Waals surface area contributed by atoms with Gasteiger partial charge in [-0.15, -0.1) is 0 Å². The van der Waals surface area contributed by atoms with Gasteiger partial charge in [-0.25, -0.2) is 0 Å². The molecular weight excluding hydrogens is 316 g/mol. The van der Waals surface area contributed by atoms with Crippen molar-refractivity contribution in [3.05, 3.63) is 53.6 Å². The molecular formula is C25H34O. The van der Waals surface area contributed by atoms with Gasteiger partial charge in [0.05, 0.1) is 0 Å². The molecule has 0 aliphatic heterocycles. The highest BCUT2D eigenvalue weighted by Crippen LogP contribution is 2.38. The second kappa shape index (κ2) is 9.26. The van der Waals surface area contributed by atoms with Crippen LogP contribution in [0.1, 0.15) is 82.3 Å². The van der Waals surface area contributed by atoms with Gasteiger partial charge in [-0.1, -0.05) is 69.9 Å². The Morgan fingerprint density at radius 1 is 0.885 bits per heavy atom. The van der Waals surface area contributed by atoms with Gasteiger partial charge in [-0.2, -0.15) is 0 Å². The average Bonchev–Trinajstić information content (AvgIpc) is 2.69. The van der Waals surface area contributed by atoms with Gasteiger partial charge >= 0.3 is 0 Å². The van der Waals surface area contributed by atoms with E-state index in [0.29, 0.717) is 5.75 Å². The van der Waals surface area contributed by atoms with E-state index in [-0.39, 0.29) is 0 Å². The first-order valence-corrected chi connectivity index (χ1v) is 10.6. The molecule has 0 aromatic heterocycles. The van der Waals surface area contributed by atoms with Crippen molar-refractivity contribution >= 4 is 0 Å². The molecule has 0 bridgehead atoms. The molecule has 1 saturated carbocycles. The van der Waals surface area contributed by atoms with Gasteiger partial charge in [0.1, 0.15) is 5.75 Å². The molecule has 0 spiro atoms. The Morgan fingerprint density at radius 2 is 1.62 bits per heavy atom. The van der Waals surface area contributed by atoms with Crippen LogP contribution in [-0.2, 0) is 6.42 Å². The minimum atomic E-state index is 0.359. The molecule has 0 atom stereocenters. The first-order valence-electron chi connectivity index (χ1n) is 10.6. The summed E-state index contributed by atoms with van der Waals surface area (Å²) < 4.78 is 0. The van der Waals surface area contributed by atoms with Gasteiger partial charge < -0.3 is 5.11 Å². The number of aromatic hydroxyl groups is 1. The summed E-state index contributed by atoms with van der Waals surface area (Å²) in [5.74, 6) is 2.08. The lowest BCUT2D eigenvalue weighted by Crippen LogP contribution is -2.13. The predicted octanol–water partition coefficient (Wildman–Crippen LogP) is 7.48. The molecule has 1 heteroatoms. The number of phenols is 1. The second-order valence-electron chi connectivity index (χ2n) is 8.03. The fourth-order valence-electron chi connectivity index (χ4n) is 4.56. The molecule has 1 nitrogen and oxygen atoms in total. The van der Waals surface area contributed by atoms with Crippen LogP contribution in [0.15, 0.2) is 42.5 Å². The van der Waals surface area contributed by atoms with E-state index in [9.17, 15) is 5.11 Å². The third kappa shape index (κ3) is 4.69. The van der Waals surface area contributed by atoms with Gasteiger partial charge in [0.25, 0.3) is 0 Å². The fraction of sp³-hybridized carbons (Fsp3) is 0.520. The Balaban J connectivity index is 1.62. The molecule has 0 heterocycles. The van der Waals surface area contributed by atoms with Gasteiger partial charge in [0.2, 0.25) is 0 Å². The van der Waals surface area contributed by atoms with E-state index in [1.54, 1.807) is 6.07 Å². The summed E-state index contributed by atoms with van der Waals surface area (Å²) in [5, 5.41) is 9.72. The molecule has 26 heavy (non-hydrogen) atoms. The molecule has 1 aliphatic rings. The number of rotatable bonds is 7. The normalized spacial score (nSPS) is 20.2. The summed E-state index contributed by atoms with van der Waals surface area (Å²) >= 11 is 0. The van der Waals surface area contributed by atoms with Crippen molar-refractivity contribution in [3.8, 4) is 16.9 Å². The summed E-state index contributed by atoms with van der Waals surface area (Å²) in [6.45, 7) is 4.44. The van der Waals surface area contributed by atoms with Gasteiger partial charge in [0, 0.05) is 0 Å². The van der Waals surface area contributed by atoms with E-state index in [2.05, 4.69) is 38.1 Å². The Hall–Kier alpha value is -1.76. The predicted molar refractivity (Wildman–Crippen MR) is 112 cm³/mol. The SMILES string of the molecule is CCCCCC1CCC(c2ccc(-c3ccc(O)cc3CC)cc2)CC1. The minimum Gasteiger partial charge on any atom is -0.508 e. The fourth-order valence-corrected chi connectivity index (χ4v) is 4.56. The van der Waals surface area contributed by atoms with Gasteiger partial charge in [-0.3, -0.25) is 0 Å². The van der Waals surface area contributed by atoms with Crippen molar-refractivity contribution in [1.29, 1.82) is 0 Å². The van der Waals surface area contributed by atoms with E-state index in [0.717, 1.165) is 18.3 Å². The molecule has 1 aliphatic carbocycles. The van der Waals surface area contributed by atoms with Crippen molar-refractivity contribution in [1.82, 2.24) is 0 Å². The molecule has 0 radical (unpaired) electrons. The zero-order chi connectivity index (χ0) is 18.4. The lowest BCUT2D eigenvalue weighted by Gasteiger charge is -2.29. The Labute approximate surface area is 159 Å². The van der Waals surface area contributed by atoms with Crippen molar-refractivity contribution in [2.24, 2.45) is 5.92 Å². The zero-order valence-corrected chi connectivity index (χ0v) is 16.5. The van der Waals surface area contributed by atoms with Crippen molar-refractivity contribution in [3.63, 3.8) is 0 Å². The Morgan fingerprint density at radius 3 is 2.27 bits per heavy atom. The van der Waals surface area contributed by atoms with Crippen LogP contribution in [0.2, 0.25) is 0 Å². The Kier molecular flexibility index (Phi) is 6.77. The summed E-state index contributed by atoms with van der Waals surface area (Å²) in [6.07, 6.45) is 12.1. The van der Waals surface area contributed by atoms with Crippen molar-refractivity contribution in [2.75, 3.05) is 0 Å². The van der Waals surface area contributed by atoms with E-state index in [4.69, 9.17) is 0 Å². The van der Waals surface area contributed by atoms with Crippen LogP contribution in [0, 0.1) is 5.92 Å². The summed E-state index contributed by atoms with van der Waals surface area (Å²) in [4.78, 5) is 0. The highest BCUT2D eigenvalue weighted by molar-refractivity contribution is 5.68. The molecule has 0 amide bonds. The number of unbranched alkanes of at least 4 members (excludes halogenated alkanes) is 2. The van der Waals surface area contributed by atoms with Crippen molar-refractivity contribution in [2.45, 2.75) is 77.6 Å². The third-order valence-electron chi connectivity index (χ3n) is 6.23. The molecule has 1 N–H and O–H groups in total. The molecule has 2 aromatic rings. The van der Waals surface area contributed by atoms with Crippen LogP contribution in [0.5, 0.6) is 5.75 Å². The van der Waals surface area contributed by atoms with E-state index < -0.39 is 0 Å². The molecule has 0 unspecified atom stereocenters. The molecule has 3 rings (SSSR count). The Bertz CT molecular complexity index is 678. The maximum Gasteiger partial charge on any atom is 0.115 e. The van der Waals surface area contributed by atoms with Crippen LogP contribution in [0.25, 0.3) is 11.1 Å². The van der Waals surface area contributed by atoms with Crippen LogP contribution in [-0.4, -0.2) is 5.11 Å².